The molecule has 0 bridgehead atoms. The highest BCUT2D eigenvalue weighted by Crippen LogP contribution is 2.37. The normalized spacial score (nSPS) is 19.3. The standard InChI is InChI=1S/C31H33N5O2/c1-3-7-28-27(19-22-10-12-23(13-11-22)26-9-6-5-8-24(26)20-32)29(37)35(30-33-21-34-36(28)30)25-14-17-31(38,16-4-2)18-15-25/h4-6,8-13,21,25,38H,2-3,7,14-19H2,1H3/t25-,31-. The lowest BCUT2D eigenvalue weighted by Crippen LogP contribution is -2.38. The van der Waals surface area contributed by atoms with E-state index in [1.807, 2.05) is 57.6 Å². The predicted octanol–water partition coefficient (Wildman–Crippen LogP) is 5.40. The summed E-state index contributed by atoms with van der Waals surface area (Å²) in [6.07, 6.45) is 8.58. The van der Waals surface area contributed by atoms with Crippen molar-refractivity contribution in [2.45, 2.75) is 69.9 Å². The van der Waals surface area contributed by atoms with Crippen LogP contribution in [-0.4, -0.2) is 29.9 Å². The van der Waals surface area contributed by atoms with E-state index in [0.717, 1.165) is 40.8 Å². The minimum atomic E-state index is -0.747. The van der Waals surface area contributed by atoms with Gasteiger partial charge in [0.05, 0.1) is 22.9 Å². The summed E-state index contributed by atoms with van der Waals surface area (Å²) in [4.78, 5) is 18.6. The van der Waals surface area contributed by atoms with Crippen molar-refractivity contribution in [3.05, 3.63) is 100 Å². The molecule has 1 aliphatic carbocycles. The summed E-state index contributed by atoms with van der Waals surface area (Å²) in [6, 6.07) is 17.9. The zero-order valence-electron chi connectivity index (χ0n) is 21.8. The maximum absolute atomic E-state index is 14.1. The van der Waals surface area contributed by atoms with E-state index < -0.39 is 5.60 Å². The third-order valence-corrected chi connectivity index (χ3v) is 7.78. The molecule has 2 heterocycles. The van der Waals surface area contributed by atoms with Gasteiger partial charge in [-0.05, 0) is 61.3 Å². The molecular weight excluding hydrogens is 474 g/mol. The molecule has 1 aliphatic rings. The van der Waals surface area contributed by atoms with E-state index >= 15 is 0 Å². The van der Waals surface area contributed by atoms with Gasteiger partial charge in [-0.1, -0.05) is 61.9 Å². The number of aliphatic hydroxyl groups is 1. The Kier molecular flexibility index (Phi) is 7.26. The Labute approximate surface area is 222 Å². The Morgan fingerprint density at radius 3 is 2.61 bits per heavy atom. The zero-order chi connectivity index (χ0) is 26.7. The first-order chi connectivity index (χ1) is 18.5. The quantitative estimate of drug-likeness (QED) is 0.322. The Balaban J connectivity index is 1.53. The van der Waals surface area contributed by atoms with E-state index in [2.05, 4.69) is 29.7 Å². The molecule has 2 aromatic heterocycles. The lowest BCUT2D eigenvalue weighted by molar-refractivity contribution is -0.00475. The molecule has 5 rings (SSSR count). The van der Waals surface area contributed by atoms with Gasteiger partial charge >= 0.3 is 0 Å². The van der Waals surface area contributed by atoms with Gasteiger partial charge in [0.1, 0.15) is 6.33 Å². The van der Waals surface area contributed by atoms with Crippen LogP contribution >= 0.6 is 0 Å². The summed E-state index contributed by atoms with van der Waals surface area (Å²) >= 11 is 0. The number of rotatable bonds is 8. The zero-order valence-corrected chi connectivity index (χ0v) is 21.8. The summed E-state index contributed by atoms with van der Waals surface area (Å²) in [7, 11) is 0. The molecule has 0 atom stereocenters. The number of hydrogen-bond acceptors (Lipinski definition) is 5. The van der Waals surface area contributed by atoms with Gasteiger partial charge in [0.2, 0.25) is 5.78 Å². The molecule has 0 radical (unpaired) electrons. The minimum absolute atomic E-state index is 0.0213. The van der Waals surface area contributed by atoms with Crippen LogP contribution in [0.5, 0.6) is 0 Å². The molecule has 1 fully saturated rings. The Hall–Kier alpha value is -4.02. The second-order valence-electron chi connectivity index (χ2n) is 10.3. The van der Waals surface area contributed by atoms with Crippen LogP contribution in [-0.2, 0) is 12.8 Å². The van der Waals surface area contributed by atoms with Gasteiger partial charge in [-0.2, -0.15) is 15.3 Å². The van der Waals surface area contributed by atoms with E-state index in [9.17, 15) is 15.2 Å². The smallest absolute Gasteiger partial charge is 0.259 e. The molecule has 0 aliphatic heterocycles. The van der Waals surface area contributed by atoms with E-state index in [1.54, 1.807) is 6.08 Å². The van der Waals surface area contributed by atoms with Crippen LogP contribution in [0.4, 0.5) is 0 Å². The molecule has 0 unspecified atom stereocenters. The van der Waals surface area contributed by atoms with Gasteiger partial charge < -0.3 is 5.11 Å². The van der Waals surface area contributed by atoms with E-state index in [1.165, 1.54) is 6.33 Å². The molecule has 194 valence electrons. The van der Waals surface area contributed by atoms with Gasteiger partial charge in [-0.25, -0.2) is 4.52 Å². The van der Waals surface area contributed by atoms with Crippen molar-refractivity contribution in [2.75, 3.05) is 0 Å². The van der Waals surface area contributed by atoms with Crippen molar-refractivity contribution in [1.82, 2.24) is 19.2 Å². The highest BCUT2D eigenvalue weighted by molar-refractivity contribution is 5.70. The van der Waals surface area contributed by atoms with Crippen LogP contribution in [0.1, 0.15) is 73.9 Å². The largest absolute Gasteiger partial charge is 0.390 e. The summed E-state index contributed by atoms with van der Waals surface area (Å²) in [5.74, 6) is 0.574. The Morgan fingerprint density at radius 2 is 1.92 bits per heavy atom. The van der Waals surface area contributed by atoms with Crippen LogP contribution in [0, 0.1) is 11.3 Å². The number of hydrogen-bond donors (Lipinski definition) is 1. The van der Waals surface area contributed by atoms with Gasteiger partial charge in [-0.15, -0.1) is 6.58 Å². The van der Waals surface area contributed by atoms with Gasteiger partial charge in [0, 0.05) is 18.0 Å². The van der Waals surface area contributed by atoms with Crippen molar-refractivity contribution >= 4 is 5.78 Å². The minimum Gasteiger partial charge on any atom is -0.390 e. The van der Waals surface area contributed by atoms with E-state index in [0.29, 0.717) is 49.9 Å². The fourth-order valence-corrected chi connectivity index (χ4v) is 5.79. The first-order valence-corrected chi connectivity index (χ1v) is 13.4. The molecule has 1 saturated carbocycles. The van der Waals surface area contributed by atoms with Gasteiger partial charge in [-0.3, -0.25) is 9.36 Å². The van der Waals surface area contributed by atoms with Crippen molar-refractivity contribution in [1.29, 1.82) is 5.26 Å². The van der Waals surface area contributed by atoms with Gasteiger partial charge in [0.15, 0.2) is 0 Å². The SMILES string of the molecule is C=CC[C@]1(O)CC[C@H](n2c(=O)c(Cc3ccc(-c4ccccc4C#N)cc3)c(CCC)n3ncnc32)CC1. The maximum Gasteiger partial charge on any atom is 0.259 e. The van der Waals surface area contributed by atoms with Crippen molar-refractivity contribution in [3.63, 3.8) is 0 Å². The Bertz CT molecular complexity index is 1550. The molecule has 0 amide bonds. The third kappa shape index (κ3) is 4.80. The van der Waals surface area contributed by atoms with E-state index in [-0.39, 0.29) is 11.6 Å². The molecular formula is C31H33N5O2. The molecule has 1 N–H and O–H groups in total. The fourth-order valence-electron chi connectivity index (χ4n) is 5.79. The van der Waals surface area contributed by atoms with Gasteiger partial charge in [0.25, 0.3) is 5.56 Å². The van der Waals surface area contributed by atoms with Crippen LogP contribution in [0.2, 0.25) is 0 Å². The van der Waals surface area contributed by atoms with Crippen LogP contribution < -0.4 is 5.56 Å². The molecule has 0 saturated heterocycles. The third-order valence-electron chi connectivity index (χ3n) is 7.78. The fraction of sp³-hybridized carbons (Fsp3) is 0.355. The Morgan fingerprint density at radius 1 is 1.18 bits per heavy atom. The number of fused-ring (bicyclic) bond motifs is 1. The molecule has 7 heteroatoms. The second kappa shape index (κ2) is 10.8. The lowest BCUT2D eigenvalue weighted by atomic mass is 9.80. The summed E-state index contributed by atoms with van der Waals surface area (Å²) in [5.41, 5.74) is 4.40. The van der Waals surface area contributed by atoms with Crippen molar-refractivity contribution < 1.29 is 5.11 Å². The monoisotopic (exact) mass is 507 g/mol. The number of aryl methyl sites for hydroxylation is 1. The highest BCUT2D eigenvalue weighted by Gasteiger charge is 2.34. The first kappa shape index (κ1) is 25.6. The number of nitriles is 1. The molecule has 4 aromatic rings. The van der Waals surface area contributed by atoms with Crippen LogP contribution in [0.15, 0.2) is 72.3 Å². The summed E-state index contributed by atoms with van der Waals surface area (Å²) in [5, 5.41) is 24.9. The van der Waals surface area contributed by atoms with Crippen LogP contribution in [0.25, 0.3) is 16.9 Å². The topological polar surface area (TPSA) is 96.2 Å². The molecule has 7 nitrogen and oxygen atoms in total. The highest BCUT2D eigenvalue weighted by atomic mass is 16.3. The average molecular weight is 508 g/mol. The summed E-state index contributed by atoms with van der Waals surface area (Å²) < 4.78 is 3.65. The van der Waals surface area contributed by atoms with E-state index in [4.69, 9.17) is 0 Å². The maximum atomic E-state index is 14.1. The van der Waals surface area contributed by atoms with Crippen molar-refractivity contribution in [2.24, 2.45) is 0 Å². The van der Waals surface area contributed by atoms with Crippen molar-refractivity contribution in [3.8, 4) is 17.2 Å². The number of benzene rings is 2. The second-order valence-corrected chi connectivity index (χ2v) is 10.3. The summed E-state index contributed by atoms with van der Waals surface area (Å²) in [6.45, 7) is 5.88. The number of nitrogens with zero attached hydrogens (tertiary/aromatic N) is 5. The average Bonchev–Trinajstić information content (AvgIpc) is 3.41. The first-order valence-electron chi connectivity index (χ1n) is 13.4. The molecule has 38 heavy (non-hydrogen) atoms. The van der Waals surface area contributed by atoms with Crippen LogP contribution in [0.3, 0.4) is 0 Å². The lowest BCUT2D eigenvalue weighted by Gasteiger charge is -2.36. The molecule has 2 aromatic carbocycles. The predicted molar refractivity (Wildman–Crippen MR) is 148 cm³/mol. The number of aromatic nitrogens is 4. The molecule has 0 spiro atoms.